The number of carbonyl (C=O) groups is 1. The maximum absolute atomic E-state index is 12.4. The van der Waals surface area contributed by atoms with Crippen LogP contribution in [-0.4, -0.2) is 47.9 Å². The van der Waals surface area contributed by atoms with E-state index in [4.69, 9.17) is 5.73 Å². The second-order valence-electron chi connectivity index (χ2n) is 5.49. The zero-order valence-corrected chi connectivity index (χ0v) is 12.5. The van der Waals surface area contributed by atoms with E-state index in [1.807, 2.05) is 29.2 Å². The number of nitrogens with zero attached hydrogens (tertiary/aromatic N) is 2. The number of amides is 1. The summed E-state index contributed by atoms with van der Waals surface area (Å²) in [5.74, 6) is 0.136. The second kappa shape index (κ2) is 6.86. The van der Waals surface area contributed by atoms with E-state index in [2.05, 4.69) is 18.7 Å². The van der Waals surface area contributed by atoms with Crippen LogP contribution < -0.4 is 5.73 Å². The van der Waals surface area contributed by atoms with Crippen molar-refractivity contribution >= 4 is 5.91 Å². The van der Waals surface area contributed by atoms with E-state index in [0.29, 0.717) is 12.6 Å². The molecule has 0 spiro atoms. The average molecular weight is 275 g/mol. The molecule has 1 amide bonds. The lowest BCUT2D eigenvalue weighted by atomic mass is 10.1. The molecule has 4 nitrogen and oxygen atoms in total. The van der Waals surface area contributed by atoms with Crippen molar-refractivity contribution in [1.82, 2.24) is 9.80 Å². The maximum Gasteiger partial charge on any atom is 0.253 e. The fourth-order valence-electron chi connectivity index (χ4n) is 2.59. The van der Waals surface area contributed by atoms with Gasteiger partial charge in [0.05, 0.1) is 0 Å². The molecule has 0 radical (unpaired) electrons. The van der Waals surface area contributed by atoms with Gasteiger partial charge < -0.3 is 10.6 Å². The Balaban J connectivity index is 1.94. The third kappa shape index (κ3) is 3.38. The number of carbonyl (C=O) groups excluding carboxylic acids is 1. The van der Waals surface area contributed by atoms with Crippen LogP contribution in [0, 0.1) is 0 Å². The lowest BCUT2D eigenvalue weighted by Crippen LogP contribution is -2.51. The van der Waals surface area contributed by atoms with E-state index in [9.17, 15) is 4.79 Å². The molecule has 20 heavy (non-hydrogen) atoms. The maximum atomic E-state index is 12.4. The molecule has 0 bridgehead atoms. The van der Waals surface area contributed by atoms with Crippen molar-refractivity contribution in [2.75, 3.05) is 26.2 Å². The van der Waals surface area contributed by atoms with Gasteiger partial charge in [-0.3, -0.25) is 9.69 Å². The average Bonchev–Trinajstić information content (AvgIpc) is 2.53. The normalized spacial score (nSPS) is 18.1. The van der Waals surface area contributed by atoms with E-state index in [1.165, 1.54) is 0 Å². The second-order valence-corrected chi connectivity index (χ2v) is 5.49. The first-order valence-electron chi connectivity index (χ1n) is 7.48. The van der Waals surface area contributed by atoms with Gasteiger partial charge in [0.1, 0.15) is 0 Å². The monoisotopic (exact) mass is 275 g/mol. The van der Waals surface area contributed by atoms with Crippen LogP contribution in [0.2, 0.25) is 0 Å². The number of rotatable bonds is 4. The standard InChI is InChI=1S/C16H25N3O/c1-3-13(2)18-8-10-19(11-9-18)16(20)15-6-4-14(12-17)5-7-15/h4-7,13H,3,8-12,17H2,1-2H3. The lowest BCUT2D eigenvalue weighted by molar-refractivity contribution is 0.0579. The summed E-state index contributed by atoms with van der Waals surface area (Å²) in [5.41, 5.74) is 7.40. The number of nitrogens with two attached hydrogens (primary N) is 1. The summed E-state index contributed by atoms with van der Waals surface area (Å²) in [7, 11) is 0. The Kier molecular flexibility index (Phi) is 5.15. The summed E-state index contributed by atoms with van der Waals surface area (Å²) in [6, 6.07) is 8.23. The molecule has 4 heteroatoms. The van der Waals surface area contributed by atoms with Crippen molar-refractivity contribution in [3.05, 3.63) is 35.4 Å². The summed E-state index contributed by atoms with van der Waals surface area (Å²) < 4.78 is 0. The van der Waals surface area contributed by atoms with Gasteiger partial charge in [0.15, 0.2) is 0 Å². The van der Waals surface area contributed by atoms with Gasteiger partial charge in [0.25, 0.3) is 5.91 Å². The Morgan fingerprint density at radius 3 is 2.30 bits per heavy atom. The Labute approximate surface area is 121 Å². The SMILES string of the molecule is CCC(C)N1CCN(C(=O)c2ccc(CN)cc2)CC1. The molecule has 110 valence electrons. The number of piperazine rings is 1. The molecule has 1 unspecified atom stereocenters. The van der Waals surface area contributed by atoms with Gasteiger partial charge in [-0.05, 0) is 31.0 Å². The molecule has 2 N–H and O–H groups in total. The molecule has 1 saturated heterocycles. The molecule has 0 aromatic heterocycles. The van der Waals surface area contributed by atoms with Gasteiger partial charge in [-0.15, -0.1) is 0 Å². The topological polar surface area (TPSA) is 49.6 Å². The Hall–Kier alpha value is -1.39. The molecular formula is C16H25N3O. The van der Waals surface area contributed by atoms with Crippen LogP contribution in [0.5, 0.6) is 0 Å². The number of benzene rings is 1. The molecule has 0 saturated carbocycles. The van der Waals surface area contributed by atoms with Gasteiger partial charge in [-0.1, -0.05) is 19.1 Å². The molecule has 1 aliphatic heterocycles. The quantitative estimate of drug-likeness (QED) is 0.910. The summed E-state index contributed by atoms with van der Waals surface area (Å²) in [6.07, 6.45) is 1.16. The predicted molar refractivity (Wildman–Crippen MR) is 81.6 cm³/mol. The van der Waals surface area contributed by atoms with Crippen molar-refractivity contribution in [2.24, 2.45) is 5.73 Å². The fourth-order valence-corrected chi connectivity index (χ4v) is 2.59. The van der Waals surface area contributed by atoms with Crippen molar-refractivity contribution in [3.8, 4) is 0 Å². The van der Waals surface area contributed by atoms with Gasteiger partial charge in [0, 0.05) is 44.3 Å². The third-order valence-corrected chi connectivity index (χ3v) is 4.25. The van der Waals surface area contributed by atoms with Crippen LogP contribution in [0.25, 0.3) is 0 Å². The van der Waals surface area contributed by atoms with Crippen LogP contribution in [0.15, 0.2) is 24.3 Å². The zero-order valence-electron chi connectivity index (χ0n) is 12.5. The van der Waals surface area contributed by atoms with Crippen LogP contribution in [-0.2, 0) is 6.54 Å². The Bertz CT molecular complexity index is 436. The largest absolute Gasteiger partial charge is 0.336 e. The first-order valence-corrected chi connectivity index (χ1v) is 7.48. The first-order chi connectivity index (χ1) is 9.65. The minimum Gasteiger partial charge on any atom is -0.336 e. The molecule has 1 fully saturated rings. The minimum absolute atomic E-state index is 0.136. The molecule has 2 rings (SSSR count). The van der Waals surface area contributed by atoms with E-state index in [-0.39, 0.29) is 5.91 Å². The van der Waals surface area contributed by atoms with Gasteiger partial charge in [-0.25, -0.2) is 0 Å². The van der Waals surface area contributed by atoms with Crippen LogP contribution in [0.4, 0.5) is 0 Å². The highest BCUT2D eigenvalue weighted by Crippen LogP contribution is 2.12. The summed E-state index contributed by atoms with van der Waals surface area (Å²) >= 11 is 0. The highest BCUT2D eigenvalue weighted by Gasteiger charge is 2.23. The molecule has 1 aromatic carbocycles. The number of hydrogen-bond acceptors (Lipinski definition) is 3. The minimum atomic E-state index is 0.136. The van der Waals surface area contributed by atoms with E-state index in [1.54, 1.807) is 0 Å². The van der Waals surface area contributed by atoms with Gasteiger partial charge >= 0.3 is 0 Å². The smallest absolute Gasteiger partial charge is 0.253 e. The highest BCUT2D eigenvalue weighted by molar-refractivity contribution is 5.94. The number of hydrogen-bond donors (Lipinski definition) is 1. The molecule has 0 aliphatic carbocycles. The summed E-state index contributed by atoms with van der Waals surface area (Å²) in [4.78, 5) is 16.8. The zero-order chi connectivity index (χ0) is 14.5. The molecule has 1 atom stereocenters. The van der Waals surface area contributed by atoms with Crippen molar-refractivity contribution < 1.29 is 4.79 Å². The van der Waals surface area contributed by atoms with Crippen molar-refractivity contribution in [3.63, 3.8) is 0 Å². The fraction of sp³-hybridized carbons (Fsp3) is 0.562. The van der Waals surface area contributed by atoms with Crippen molar-refractivity contribution in [1.29, 1.82) is 0 Å². The first kappa shape index (κ1) is 15.0. The van der Waals surface area contributed by atoms with E-state index < -0.39 is 0 Å². The van der Waals surface area contributed by atoms with E-state index >= 15 is 0 Å². The lowest BCUT2D eigenvalue weighted by Gasteiger charge is -2.37. The third-order valence-electron chi connectivity index (χ3n) is 4.25. The predicted octanol–water partition coefficient (Wildman–Crippen LogP) is 1.70. The van der Waals surface area contributed by atoms with Gasteiger partial charge in [0.2, 0.25) is 0 Å². The summed E-state index contributed by atoms with van der Waals surface area (Å²) in [5, 5.41) is 0. The Morgan fingerprint density at radius 2 is 1.80 bits per heavy atom. The Morgan fingerprint density at radius 1 is 1.20 bits per heavy atom. The molecule has 1 aromatic rings. The molecular weight excluding hydrogens is 250 g/mol. The van der Waals surface area contributed by atoms with Crippen LogP contribution in [0.1, 0.15) is 36.2 Å². The van der Waals surface area contributed by atoms with Crippen LogP contribution >= 0.6 is 0 Å². The summed E-state index contributed by atoms with van der Waals surface area (Å²) in [6.45, 7) is 8.57. The van der Waals surface area contributed by atoms with E-state index in [0.717, 1.165) is 43.7 Å². The highest BCUT2D eigenvalue weighted by atomic mass is 16.2. The van der Waals surface area contributed by atoms with Gasteiger partial charge in [-0.2, -0.15) is 0 Å². The van der Waals surface area contributed by atoms with Crippen molar-refractivity contribution in [2.45, 2.75) is 32.9 Å². The molecule has 1 aliphatic rings. The molecule has 1 heterocycles. The van der Waals surface area contributed by atoms with Crippen LogP contribution in [0.3, 0.4) is 0 Å².